The molecule has 2 amide bonds. The van der Waals surface area contributed by atoms with Crippen LogP contribution in [0, 0.1) is 17.8 Å². The van der Waals surface area contributed by atoms with Gasteiger partial charge in [0, 0.05) is 30.6 Å². The highest BCUT2D eigenvalue weighted by atomic mass is 16.5. The van der Waals surface area contributed by atoms with Gasteiger partial charge in [-0.05, 0) is 32.0 Å². The van der Waals surface area contributed by atoms with Gasteiger partial charge in [0.25, 0.3) is 0 Å². The lowest BCUT2D eigenvalue weighted by atomic mass is 10.0. The van der Waals surface area contributed by atoms with Crippen LogP contribution >= 0.6 is 0 Å². The van der Waals surface area contributed by atoms with Gasteiger partial charge >= 0.3 is 0 Å². The summed E-state index contributed by atoms with van der Waals surface area (Å²) in [7, 11) is 0. The first kappa shape index (κ1) is 20.8. The van der Waals surface area contributed by atoms with Crippen LogP contribution in [-0.2, 0) is 16.0 Å². The molecule has 6 nitrogen and oxygen atoms in total. The summed E-state index contributed by atoms with van der Waals surface area (Å²) in [5.74, 6) is 6.74. The van der Waals surface area contributed by atoms with Crippen LogP contribution in [0.1, 0.15) is 25.8 Å². The summed E-state index contributed by atoms with van der Waals surface area (Å²) in [5.41, 5.74) is 1.73. The number of anilines is 1. The Hall–Kier alpha value is -3.46. The fourth-order valence-corrected chi connectivity index (χ4v) is 3.94. The van der Waals surface area contributed by atoms with Crippen molar-refractivity contribution in [2.24, 2.45) is 5.92 Å². The van der Waals surface area contributed by atoms with Crippen LogP contribution in [-0.4, -0.2) is 37.1 Å². The zero-order valence-electron chi connectivity index (χ0n) is 17.8. The first-order valence-corrected chi connectivity index (χ1v) is 10.5. The van der Waals surface area contributed by atoms with Gasteiger partial charge in [0.05, 0.1) is 12.5 Å². The van der Waals surface area contributed by atoms with E-state index in [0.717, 1.165) is 23.4 Å². The van der Waals surface area contributed by atoms with E-state index in [4.69, 9.17) is 9.47 Å². The number of ether oxygens (including phenoxy) is 2. The Morgan fingerprint density at radius 1 is 1.19 bits per heavy atom. The molecular weight excluding hydrogens is 392 g/mol. The molecule has 2 aliphatic heterocycles. The van der Waals surface area contributed by atoms with E-state index in [-0.39, 0.29) is 42.9 Å². The average molecular weight is 418 g/mol. The molecule has 0 spiro atoms. The number of hydrogen-bond acceptors (Lipinski definition) is 4. The summed E-state index contributed by atoms with van der Waals surface area (Å²) < 4.78 is 11.7. The zero-order valence-corrected chi connectivity index (χ0v) is 17.8. The number of carbonyl (C=O) groups is 2. The molecule has 4 rings (SSSR count). The average Bonchev–Trinajstić information content (AvgIpc) is 3.29. The van der Waals surface area contributed by atoms with Gasteiger partial charge in [0.2, 0.25) is 11.8 Å². The molecule has 0 radical (unpaired) electrons. The maximum Gasteiger partial charge on any atom is 0.227 e. The van der Waals surface area contributed by atoms with Crippen molar-refractivity contribution in [1.29, 1.82) is 0 Å². The Morgan fingerprint density at radius 3 is 2.81 bits per heavy atom. The van der Waals surface area contributed by atoms with Gasteiger partial charge in [-0.1, -0.05) is 42.2 Å². The largest absolute Gasteiger partial charge is 0.483 e. The Kier molecular flexibility index (Phi) is 5.85. The van der Waals surface area contributed by atoms with Crippen molar-refractivity contribution >= 4 is 17.5 Å². The molecule has 2 heterocycles. The van der Waals surface area contributed by atoms with Gasteiger partial charge in [-0.25, -0.2) is 0 Å². The number of rotatable bonds is 5. The van der Waals surface area contributed by atoms with E-state index < -0.39 is 0 Å². The molecule has 31 heavy (non-hydrogen) atoms. The molecule has 1 unspecified atom stereocenters. The Morgan fingerprint density at radius 2 is 2.00 bits per heavy atom. The molecule has 1 N–H and O–H groups in total. The summed E-state index contributed by atoms with van der Waals surface area (Å²) in [6, 6.07) is 15.3. The molecule has 0 aromatic heterocycles. The van der Waals surface area contributed by atoms with Gasteiger partial charge in [0.15, 0.2) is 11.5 Å². The van der Waals surface area contributed by atoms with Crippen molar-refractivity contribution in [1.82, 2.24) is 5.32 Å². The van der Waals surface area contributed by atoms with E-state index >= 15 is 0 Å². The van der Waals surface area contributed by atoms with E-state index in [0.29, 0.717) is 12.3 Å². The monoisotopic (exact) mass is 418 g/mol. The quantitative estimate of drug-likeness (QED) is 0.758. The minimum atomic E-state index is -0.363. The molecule has 1 atom stereocenters. The predicted molar refractivity (Wildman–Crippen MR) is 118 cm³/mol. The first-order chi connectivity index (χ1) is 14.9. The maximum atomic E-state index is 12.4. The lowest BCUT2D eigenvalue weighted by Gasteiger charge is -2.17. The van der Waals surface area contributed by atoms with E-state index in [1.54, 1.807) is 4.90 Å². The fourth-order valence-electron chi connectivity index (χ4n) is 3.94. The number of hydrogen-bond donors (Lipinski definition) is 1. The molecule has 1 saturated heterocycles. The van der Waals surface area contributed by atoms with Crippen LogP contribution in [0.2, 0.25) is 0 Å². The second-order valence-corrected chi connectivity index (χ2v) is 8.38. The van der Waals surface area contributed by atoms with Crippen LogP contribution in [0.3, 0.4) is 0 Å². The van der Waals surface area contributed by atoms with Crippen molar-refractivity contribution in [3.05, 3.63) is 54.1 Å². The topological polar surface area (TPSA) is 67.9 Å². The van der Waals surface area contributed by atoms with E-state index in [9.17, 15) is 9.59 Å². The Bertz CT molecular complexity index is 1040. The predicted octanol–water partition coefficient (Wildman–Crippen LogP) is 2.95. The number of benzene rings is 2. The molecule has 0 saturated carbocycles. The Balaban J connectivity index is 1.23. The van der Waals surface area contributed by atoms with Gasteiger partial charge in [-0.2, -0.15) is 0 Å². The SMILES string of the molecule is CC1(C)Cc2cccc(OCC#CCNC(=O)C3CC(=O)N(c4ccccc4)C3)c2O1. The number of fused-ring (bicyclic) bond motifs is 1. The summed E-state index contributed by atoms with van der Waals surface area (Å²) in [6.45, 7) is 4.92. The smallest absolute Gasteiger partial charge is 0.227 e. The minimum absolute atomic E-state index is 0.0355. The van der Waals surface area contributed by atoms with Crippen LogP contribution < -0.4 is 19.7 Å². The molecular formula is C25H26N2O4. The standard InChI is InChI=1S/C25H26N2O4/c1-25(2)16-18-9-8-12-21(23(18)31-25)30-14-7-6-13-26-24(29)19-15-22(28)27(17-19)20-10-4-3-5-11-20/h3-5,8-12,19H,13-17H2,1-2H3,(H,26,29). The minimum Gasteiger partial charge on any atom is -0.483 e. The van der Waals surface area contributed by atoms with Crippen molar-refractivity contribution < 1.29 is 19.1 Å². The zero-order chi connectivity index (χ0) is 21.8. The highest BCUT2D eigenvalue weighted by Gasteiger charge is 2.35. The first-order valence-electron chi connectivity index (χ1n) is 10.5. The summed E-state index contributed by atoms with van der Waals surface area (Å²) in [6.07, 6.45) is 1.06. The Labute approximate surface area is 182 Å². The highest BCUT2D eigenvalue weighted by molar-refractivity contribution is 6.00. The molecule has 0 aliphatic carbocycles. The summed E-state index contributed by atoms with van der Waals surface area (Å²) in [5, 5.41) is 2.80. The molecule has 2 aromatic carbocycles. The number of nitrogens with zero attached hydrogens (tertiary/aromatic N) is 1. The second-order valence-electron chi connectivity index (χ2n) is 8.38. The molecule has 2 aliphatic rings. The fraction of sp³-hybridized carbons (Fsp3) is 0.360. The second kappa shape index (κ2) is 8.73. The number of carbonyl (C=O) groups excluding carboxylic acids is 2. The van der Waals surface area contributed by atoms with Gasteiger partial charge in [-0.3, -0.25) is 9.59 Å². The lowest BCUT2D eigenvalue weighted by molar-refractivity contribution is -0.126. The van der Waals surface area contributed by atoms with Crippen molar-refractivity contribution in [3.8, 4) is 23.3 Å². The van der Waals surface area contributed by atoms with Crippen molar-refractivity contribution in [3.63, 3.8) is 0 Å². The van der Waals surface area contributed by atoms with Crippen LogP contribution in [0.15, 0.2) is 48.5 Å². The van der Waals surface area contributed by atoms with E-state index in [2.05, 4.69) is 31.0 Å². The normalized spacial score (nSPS) is 18.6. The third-order valence-corrected chi connectivity index (χ3v) is 5.39. The molecule has 0 bridgehead atoms. The third-order valence-electron chi connectivity index (χ3n) is 5.39. The number of amides is 2. The molecule has 1 fully saturated rings. The molecule has 160 valence electrons. The lowest BCUT2D eigenvalue weighted by Crippen LogP contribution is -2.33. The summed E-state index contributed by atoms with van der Waals surface area (Å²) >= 11 is 0. The van der Waals surface area contributed by atoms with Crippen molar-refractivity contribution in [2.75, 3.05) is 24.6 Å². The van der Waals surface area contributed by atoms with Crippen molar-refractivity contribution in [2.45, 2.75) is 32.3 Å². The van der Waals surface area contributed by atoms with Gasteiger partial charge < -0.3 is 19.7 Å². The van der Waals surface area contributed by atoms with E-state index in [1.807, 2.05) is 48.5 Å². The summed E-state index contributed by atoms with van der Waals surface area (Å²) in [4.78, 5) is 26.3. The number of para-hydroxylation sites is 2. The molecule has 2 aromatic rings. The number of nitrogens with one attached hydrogen (secondary N) is 1. The maximum absolute atomic E-state index is 12.4. The van der Waals surface area contributed by atoms with E-state index in [1.165, 1.54) is 0 Å². The molecule has 6 heteroatoms. The van der Waals surface area contributed by atoms with Crippen LogP contribution in [0.4, 0.5) is 5.69 Å². The third kappa shape index (κ3) is 4.83. The highest BCUT2D eigenvalue weighted by Crippen LogP contribution is 2.41. The van der Waals surface area contributed by atoms with Crippen LogP contribution in [0.25, 0.3) is 0 Å². The van der Waals surface area contributed by atoms with Crippen LogP contribution in [0.5, 0.6) is 11.5 Å². The van der Waals surface area contributed by atoms with Gasteiger partial charge in [-0.15, -0.1) is 0 Å². The van der Waals surface area contributed by atoms with Gasteiger partial charge in [0.1, 0.15) is 12.2 Å².